The lowest BCUT2D eigenvalue weighted by Crippen LogP contribution is -2.42. The van der Waals surface area contributed by atoms with Crippen molar-refractivity contribution in [2.45, 2.75) is 25.8 Å². The third-order valence-electron chi connectivity index (χ3n) is 3.12. The van der Waals surface area contributed by atoms with E-state index in [9.17, 15) is 0 Å². The van der Waals surface area contributed by atoms with E-state index in [0.29, 0.717) is 6.04 Å². The Morgan fingerprint density at radius 1 is 1.37 bits per heavy atom. The molecule has 0 saturated carbocycles. The molecule has 0 fully saturated rings. The van der Waals surface area contributed by atoms with E-state index < -0.39 is 0 Å². The summed E-state index contributed by atoms with van der Waals surface area (Å²) in [6.07, 6.45) is 6.63. The van der Waals surface area contributed by atoms with Crippen molar-refractivity contribution >= 4 is 5.96 Å². The molecule has 19 heavy (non-hydrogen) atoms. The summed E-state index contributed by atoms with van der Waals surface area (Å²) in [5, 5.41) is 6.76. The molecular formula is C14H28N4O. The van der Waals surface area contributed by atoms with Crippen molar-refractivity contribution in [1.82, 2.24) is 15.5 Å². The Kier molecular flexibility index (Phi) is 8.25. The van der Waals surface area contributed by atoms with Gasteiger partial charge in [0.25, 0.3) is 0 Å². The van der Waals surface area contributed by atoms with Crippen LogP contribution in [-0.2, 0) is 4.74 Å². The van der Waals surface area contributed by atoms with Gasteiger partial charge < -0.3 is 20.3 Å². The van der Waals surface area contributed by atoms with E-state index in [1.54, 1.807) is 7.11 Å². The van der Waals surface area contributed by atoms with Crippen molar-refractivity contribution in [2.24, 2.45) is 4.99 Å². The van der Waals surface area contributed by atoms with Gasteiger partial charge in [-0.2, -0.15) is 0 Å². The first-order chi connectivity index (χ1) is 9.26. The van der Waals surface area contributed by atoms with Crippen molar-refractivity contribution in [3.63, 3.8) is 0 Å². The van der Waals surface area contributed by atoms with Crippen molar-refractivity contribution in [1.29, 1.82) is 0 Å². The second-order valence-electron chi connectivity index (χ2n) is 4.84. The van der Waals surface area contributed by atoms with Gasteiger partial charge in [-0.1, -0.05) is 12.2 Å². The predicted molar refractivity (Wildman–Crippen MR) is 80.6 cm³/mol. The molecule has 0 heterocycles. The summed E-state index contributed by atoms with van der Waals surface area (Å²) in [6, 6.07) is 0.504. The lowest BCUT2D eigenvalue weighted by molar-refractivity contribution is 0.163. The number of nitrogens with zero attached hydrogens (tertiary/aromatic N) is 2. The lowest BCUT2D eigenvalue weighted by atomic mass is 10.2. The van der Waals surface area contributed by atoms with E-state index in [1.807, 2.05) is 0 Å². The van der Waals surface area contributed by atoms with E-state index in [4.69, 9.17) is 4.74 Å². The Morgan fingerprint density at radius 3 is 2.74 bits per heavy atom. The van der Waals surface area contributed by atoms with Gasteiger partial charge >= 0.3 is 0 Å². The van der Waals surface area contributed by atoms with Crippen LogP contribution in [0.4, 0.5) is 0 Å². The largest absolute Gasteiger partial charge is 0.383 e. The van der Waals surface area contributed by atoms with Crippen LogP contribution in [0.25, 0.3) is 0 Å². The number of guanidine groups is 1. The summed E-state index contributed by atoms with van der Waals surface area (Å²) in [7, 11) is 3.82. The quantitative estimate of drug-likeness (QED) is 0.389. The fourth-order valence-corrected chi connectivity index (χ4v) is 1.94. The zero-order valence-corrected chi connectivity index (χ0v) is 12.5. The summed E-state index contributed by atoms with van der Waals surface area (Å²) < 4.78 is 5.06. The molecule has 1 aliphatic carbocycles. The Labute approximate surface area is 117 Å². The van der Waals surface area contributed by atoms with E-state index in [2.05, 4.69) is 46.6 Å². The fraction of sp³-hybridized carbons (Fsp3) is 0.786. The second kappa shape index (κ2) is 9.81. The van der Waals surface area contributed by atoms with Gasteiger partial charge in [0.2, 0.25) is 0 Å². The molecule has 0 spiro atoms. The van der Waals surface area contributed by atoms with E-state index >= 15 is 0 Å². The highest BCUT2D eigenvalue weighted by Gasteiger charge is 2.11. The minimum Gasteiger partial charge on any atom is -0.383 e. The molecule has 5 heteroatoms. The van der Waals surface area contributed by atoms with Gasteiger partial charge in [-0.25, -0.2) is 0 Å². The number of ether oxygens (including phenoxy) is 1. The van der Waals surface area contributed by atoms with Crippen LogP contribution < -0.4 is 10.6 Å². The lowest BCUT2D eigenvalue weighted by Gasteiger charge is -2.18. The Hall–Kier alpha value is -1.07. The van der Waals surface area contributed by atoms with Crippen molar-refractivity contribution in [3.8, 4) is 0 Å². The molecule has 110 valence electrons. The smallest absolute Gasteiger partial charge is 0.191 e. The minimum absolute atomic E-state index is 0.504. The topological polar surface area (TPSA) is 48.9 Å². The molecule has 0 amide bonds. The van der Waals surface area contributed by atoms with Crippen molar-refractivity contribution < 1.29 is 4.74 Å². The third kappa shape index (κ3) is 7.18. The summed E-state index contributed by atoms with van der Waals surface area (Å²) in [4.78, 5) is 6.84. The molecule has 0 atom stereocenters. The van der Waals surface area contributed by atoms with Gasteiger partial charge in [-0.05, 0) is 26.8 Å². The van der Waals surface area contributed by atoms with E-state index in [0.717, 1.165) is 51.6 Å². The predicted octanol–water partition coefficient (Wildman–Crippen LogP) is 0.838. The Morgan fingerprint density at radius 2 is 2.11 bits per heavy atom. The molecule has 0 saturated heterocycles. The highest BCUT2D eigenvalue weighted by Crippen LogP contribution is 2.08. The summed E-state index contributed by atoms with van der Waals surface area (Å²) >= 11 is 0. The zero-order chi connectivity index (χ0) is 13.9. The van der Waals surface area contributed by atoms with Crippen LogP contribution in [0.2, 0.25) is 0 Å². The van der Waals surface area contributed by atoms with Crippen LogP contribution in [0.1, 0.15) is 19.8 Å². The summed E-state index contributed by atoms with van der Waals surface area (Å²) in [5.74, 6) is 0.927. The van der Waals surface area contributed by atoms with Crippen molar-refractivity contribution in [2.75, 3.05) is 46.9 Å². The monoisotopic (exact) mass is 268 g/mol. The van der Waals surface area contributed by atoms with Crippen LogP contribution in [0, 0.1) is 0 Å². The van der Waals surface area contributed by atoms with Crippen LogP contribution in [0.15, 0.2) is 17.1 Å². The molecule has 0 aliphatic heterocycles. The zero-order valence-electron chi connectivity index (χ0n) is 12.5. The first-order valence-electron chi connectivity index (χ1n) is 7.13. The molecule has 2 N–H and O–H groups in total. The average molecular weight is 268 g/mol. The molecule has 0 aromatic carbocycles. The van der Waals surface area contributed by atoms with E-state index in [1.165, 1.54) is 0 Å². The van der Waals surface area contributed by atoms with Crippen LogP contribution in [0.3, 0.4) is 0 Å². The minimum atomic E-state index is 0.504. The van der Waals surface area contributed by atoms with Gasteiger partial charge in [0, 0.05) is 32.8 Å². The first-order valence-corrected chi connectivity index (χ1v) is 7.13. The molecule has 0 bridgehead atoms. The maximum Gasteiger partial charge on any atom is 0.191 e. The van der Waals surface area contributed by atoms with E-state index in [-0.39, 0.29) is 0 Å². The molecule has 0 aromatic heterocycles. The number of hydrogen-bond acceptors (Lipinski definition) is 3. The number of hydrogen-bond donors (Lipinski definition) is 2. The molecule has 0 radical (unpaired) electrons. The highest BCUT2D eigenvalue weighted by molar-refractivity contribution is 5.80. The molecule has 1 aliphatic rings. The van der Waals surface area contributed by atoms with Crippen LogP contribution in [0.5, 0.6) is 0 Å². The molecule has 0 aromatic rings. The summed E-state index contributed by atoms with van der Waals surface area (Å²) in [6.45, 7) is 6.45. The Bertz CT molecular complexity index is 283. The molecule has 5 nitrogen and oxygen atoms in total. The van der Waals surface area contributed by atoms with Crippen LogP contribution in [-0.4, -0.2) is 63.8 Å². The van der Waals surface area contributed by atoms with Crippen LogP contribution >= 0.6 is 0 Å². The number of aliphatic imine (C=N–C) groups is 1. The SMILES string of the molecule is CCNC(=NCCN(C)CCOC)NC1CC=CC1. The van der Waals surface area contributed by atoms with Gasteiger partial charge in [-0.3, -0.25) is 4.99 Å². The number of rotatable bonds is 8. The maximum absolute atomic E-state index is 5.06. The third-order valence-corrected chi connectivity index (χ3v) is 3.12. The fourth-order valence-electron chi connectivity index (χ4n) is 1.94. The van der Waals surface area contributed by atoms with Gasteiger partial charge in [-0.15, -0.1) is 0 Å². The molecular weight excluding hydrogens is 240 g/mol. The van der Waals surface area contributed by atoms with Gasteiger partial charge in [0.15, 0.2) is 5.96 Å². The first kappa shape index (κ1) is 16.0. The standard InChI is InChI=1S/C14H28N4O/c1-4-15-14(17-13-7-5-6-8-13)16-9-10-18(2)11-12-19-3/h5-6,13H,4,7-12H2,1-3H3,(H2,15,16,17). The normalized spacial score (nSPS) is 16.3. The Balaban J connectivity index is 2.27. The highest BCUT2D eigenvalue weighted by atomic mass is 16.5. The number of likely N-dealkylation sites (N-methyl/N-ethyl adjacent to an activating group) is 1. The molecule has 1 rings (SSSR count). The second-order valence-corrected chi connectivity index (χ2v) is 4.84. The number of methoxy groups -OCH3 is 1. The van der Waals surface area contributed by atoms with Crippen molar-refractivity contribution in [3.05, 3.63) is 12.2 Å². The van der Waals surface area contributed by atoms with Gasteiger partial charge in [0.1, 0.15) is 0 Å². The number of nitrogens with one attached hydrogen (secondary N) is 2. The maximum atomic E-state index is 5.06. The molecule has 0 unspecified atom stereocenters. The summed E-state index contributed by atoms with van der Waals surface area (Å²) in [5.41, 5.74) is 0. The van der Waals surface area contributed by atoms with Gasteiger partial charge in [0.05, 0.1) is 13.2 Å². The average Bonchev–Trinajstić information content (AvgIpc) is 2.89.